The maximum Gasteiger partial charge on any atom is 0.153 e. The molecule has 0 aromatic heterocycles. The highest BCUT2D eigenvalue weighted by atomic mass is 16.5. The number of rotatable bonds is 3. The molecule has 0 atom stereocenters. The topological polar surface area (TPSA) is 35.5 Å². The van der Waals surface area contributed by atoms with E-state index in [0.717, 1.165) is 6.29 Å². The van der Waals surface area contributed by atoms with Gasteiger partial charge < -0.3 is 9.47 Å². The van der Waals surface area contributed by atoms with Crippen LogP contribution in [0.3, 0.4) is 0 Å². The first-order chi connectivity index (χ1) is 8.11. The number of carbonyl (C=O) groups excluding carboxylic acids is 1. The Bertz CT molecular complexity index is 422. The minimum Gasteiger partial charge on any atom is -0.488 e. The van der Waals surface area contributed by atoms with Crippen molar-refractivity contribution in [2.45, 2.75) is 52.7 Å². The fourth-order valence-electron chi connectivity index (χ4n) is 1.46. The number of hydrogen-bond acceptors (Lipinski definition) is 3. The molecule has 0 N–H and O–H groups in total. The summed E-state index contributed by atoms with van der Waals surface area (Å²) in [5, 5.41) is 0. The third-order valence-electron chi connectivity index (χ3n) is 1.95. The lowest BCUT2D eigenvalue weighted by atomic mass is 10.1. The first-order valence-corrected chi connectivity index (χ1v) is 6.08. The summed E-state index contributed by atoms with van der Waals surface area (Å²) in [6.45, 7) is 11.7. The quantitative estimate of drug-likeness (QED) is 0.764. The number of aldehydes is 1. The zero-order chi connectivity index (χ0) is 14.0. The summed E-state index contributed by atoms with van der Waals surface area (Å²) in [5.41, 5.74) is -0.108. The molecule has 0 aliphatic heterocycles. The fourth-order valence-corrected chi connectivity index (χ4v) is 1.46. The molecule has 0 heterocycles. The third kappa shape index (κ3) is 4.78. The molecule has 0 saturated carbocycles. The summed E-state index contributed by atoms with van der Waals surface area (Å²) in [5.74, 6) is 1.25. The summed E-state index contributed by atoms with van der Waals surface area (Å²) < 4.78 is 11.4. The summed E-state index contributed by atoms with van der Waals surface area (Å²) in [7, 11) is 0. The van der Waals surface area contributed by atoms with Gasteiger partial charge in [0.25, 0.3) is 0 Å². The van der Waals surface area contributed by atoms with E-state index in [1.54, 1.807) is 12.1 Å². The standard InChI is InChI=1S/C15H22O3/c1-14(2,3)17-12-7-8-13(11(9-12)10-16)18-15(4,5)6/h7-10H,1-6H3. The molecule has 3 nitrogen and oxygen atoms in total. The van der Waals surface area contributed by atoms with Crippen LogP contribution < -0.4 is 9.47 Å². The van der Waals surface area contributed by atoms with Crippen LogP contribution in [0.4, 0.5) is 0 Å². The first kappa shape index (κ1) is 14.6. The highest BCUT2D eigenvalue weighted by molar-refractivity contribution is 5.80. The van der Waals surface area contributed by atoms with Crippen LogP contribution in [-0.4, -0.2) is 17.5 Å². The molecule has 100 valence electrons. The number of carbonyl (C=O) groups is 1. The Labute approximate surface area is 109 Å². The van der Waals surface area contributed by atoms with Crippen molar-refractivity contribution in [2.24, 2.45) is 0 Å². The van der Waals surface area contributed by atoms with E-state index in [1.165, 1.54) is 0 Å². The molecular weight excluding hydrogens is 228 g/mol. The molecule has 0 aliphatic rings. The van der Waals surface area contributed by atoms with Crippen LogP contribution in [-0.2, 0) is 0 Å². The second-order valence-electron chi connectivity index (χ2n) is 6.25. The Balaban J connectivity index is 3.00. The molecule has 0 radical (unpaired) electrons. The highest BCUT2D eigenvalue weighted by Gasteiger charge is 2.17. The van der Waals surface area contributed by atoms with E-state index in [0.29, 0.717) is 17.1 Å². The number of benzene rings is 1. The Kier molecular flexibility index (Phi) is 4.05. The van der Waals surface area contributed by atoms with Crippen molar-refractivity contribution in [3.63, 3.8) is 0 Å². The molecule has 0 amide bonds. The minimum absolute atomic E-state index is 0.285. The average Bonchev–Trinajstić information content (AvgIpc) is 2.16. The Hall–Kier alpha value is -1.51. The normalized spacial score (nSPS) is 12.1. The second kappa shape index (κ2) is 5.01. The molecular formula is C15H22O3. The lowest BCUT2D eigenvalue weighted by Gasteiger charge is -2.24. The van der Waals surface area contributed by atoms with Crippen LogP contribution in [0.2, 0.25) is 0 Å². The molecule has 0 bridgehead atoms. The molecule has 0 aliphatic carbocycles. The molecule has 0 fully saturated rings. The number of ether oxygens (including phenoxy) is 2. The van der Waals surface area contributed by atoms with Crippen molar-refractivity contribution >= 4 is 6.29 Å². The molecule has 18 heavy (non-hydrogen) atoms. The molecule has 0 spiro atoms. The van der Waals surface area contributed by atoms with Crippen LogP contribution in [0.1, 0.15) is 51.9 Å². The van der Waals surface area contributed by atoms with Crippen LogP contribution in [0.15, 0.2) is 18.2 Å². The van der Waals surface area contributed by atoms with Gasteiger partial charge in [-0.1, -0.05) is 0 Å². The third-order valence-corrected chi connectivity index (χ3v) is 1.95. The van der Waals surface area contributed by atoms with E-state index in [4.69, 9.17) is 9.47 Å². The Morgan fingerprint density at radius 3 is 1.94 bits per heavy atom. The van der Waals surface area contributed by atoms with Crippen LogP contribution in [0.5, 0.6) is 11.5 Å². The summed E-state index contributed by atoms with van der Waals surface area (Å²) in [4.78, 5) is 11.1. The number of hydrogen-bond donors (Lipinski definition) is 0. The lowest BCUT2D eigenvalue weighted by molar-refractivity contribution is 0.108. The van der Waals surface area contributed by atoms with E-state index in [-0.39, 0.29) is 11.2 Å². The lowest BCUT2D eigenvalue weighted by Crippen LogP contribution is -2.24. The van der Waals surface area contributed by atoms with Gasteiger partial charge in [0.15, 0.2) is 6.29 Å². The van der Waals surface area contributed by atoms with Gasteiger partial charge in [-0.15, -0.1) is 0 Å². The van der Waals surface area contributed by atoms with E-state index in [1.807, 2.05) is 47.6 Å². The van der Waals surface area contributed by atoms with Gasteiger partial charge in [0.05, 0.1) is 5.56 Å². The van der Waals surface area contributed by atoms with Gasteiger partial charge in [-0.25, -0.2) is 0 Å². The summed E-state index contributed by atoms with van der Waals surface area (Å²) in [6.07, 6.45) is 0.788. The largest absolute Gasteiger partial charge is 0.488 e. The molecule has 0 saturated heterocycles. The van der Waals surface area contributed by atoms with E-state index >= 15 is 0 Å². The van der Waals surface area contributed by atoms with Crippen molar-refractivity contribution < 1.29 is 14.3 Å². The van der Waals surface area contributed by atoms with Gasteiger partial charge in [0.1, 0.15) is 22.7 Å². The van der Waals surface area contributed by atoms with E-state index in [2.05, 4.69) is 0 Å². The first-order valence-electron chi connectivity index (χ1n) is 6.08. The van der Waals surface area contributed by atoms with Crippen LogP contribution >= 0.6 is 0 Å². The second-order valence-corrected chi connectivity index (χ2v) is 6.25. The smallest absolute Gasteiger partial charge is 0.153 e. The van der Waals surface area contributed by atoms with Crippen molar-refractivity contribution in [1.29, 1.82) is 0 Å². The monoisotopic (exact) mass is 250 g/mol. The zero-order valence-corrected chi connectivity index (χ0v) is 12.0. The maximum absolute atomic E-state index is 11.1. The molecule has 1 rings (SSSR count). The zero-order valence-electron chi connectivity index (χ0n) is 12.0. The van der Waals surface area contributed by atoms with Crippen LogP contribution in [0.25, 0.3) is 0 Å². The maximum atomic E-state index is 11.1. The predicted molar refractivity (Wildman–Crippen MR) is 72.6 cm³/mol. The molecule has 1 aromatic carbocycles. The minimum atomic E-state index is -0.329. The van der Waals surface area contributed by atoms with Crippen LogP contribution in [0, 0.1) is 0 Å². The predicted octanol–water partition coefficient (Wildman–Crippen LogP) is 3.85. The fraction of sp³-hybridized carbons (Fsp3) is 0.533. The van der Waals surface area contributed by atoms with Crippen molar-refractivity contribution in [3.8, 4) is 11.5 Å². The SMILES string of the molecule is CC(C)(C)Oc1ccc(OC(C)(C)C)c(C=O)c1. The average molecular weight is 250 g/mol. The Morgan fingerprint density at radius 2 is 1.50 bits per heavy atom. The molecule has 0 unspecified atom stereocenters. The molecule has 1 aromatic rings. The van der Waals surface area contributed by atoms with E-state index in [9.17, 15) is 4.79 Å². The van der Waals surface area contributed by atoms with Crippen molar-refractivity contribution in [3.05, 3.63) is 23.8 Å². The van der Waals surface area contributed by atoms with Gasteiger partial charge in [0, 0.05) is 0 Å². The Morgan fingerprint density at radius 1 is 0.944 bits per heavy atom. The summed E-state index contributed by atoms with van der Waals surface area (Å²) in [6, 6.07) is 5.30. The van der Waals surface area contributed by atoms with Gasteiger partial charge in [-0.2, -0.15) is 0 Å². The van der Waals surface area contributed by atoms with Gasteiger partial charge in [-0.3, -0.25) is 4.79 Å². The van der Waals surface area contributed by atoms with Gasteiger partial charge in [-0.05, 0) is 59.7 Å². The van der Waals surface area contributed by atoms with Gasteiger partial charge >= 0.3 is 0 Å². The van der Waals surface area contributed by atoms with Crippen molar-refractivity contribution in [2.75, 3.05) is 0 Å². The summed E-state index contributed by atoms with van der Waals surface area (Å²) >= 11 is 0. The van der Waals surface area contributed by atoms with Gasteiger partial charge in [0.2, 0.25) is 0 Å². The molecule has 3 heteroatoms. The van der Waals surface area contributed by atoms with Crippen molar-refractivity contribution in [1.82, 2.24) is 0 Å². The van der Waals surface area contributed by atoms with E-state index < -0.39 is 0 Å². The highest BCUT2D eigenvalue weighted by Crippen LogP contribution is 2.28.